The number of halogens is 1. The molecule has 1 fully saturated rings. The second-order valence-corrected chi connectivity index (χ2v) is 7.05. The van der Waals surface area contributed by atoms with Gasteiger partial charge in [-0.25, -0.2) is 0 Å². The smallest absolute Gasteiger partial charge is 0.241 e. The van der Waals surface area contributed by atoms with Gasteiger partial charge >= 0.3 is 0 Å². The van der Waals surface area contributed by atoms with Gasteiger partial charge in [-0.3, -0.25) is 9.69 Å². The van der Waals surface area contributed by atoms with Crippen LogP contribution in [0.1, 0.15) is 27.7 Å². The number of carbonyl (C=O) groups excluding carboxylic acids is 1. The van der Waals surface area contributed by atoms with E-state index in [9.17, 15) is 4.79 Å². The van der Waals surface area contributed by atoms with Crippen molar-refractivity contribution in [1.29, 1.82) is 0 Å². The van der Waals surface area contributed by atoms with Crippen LogP contribution in [-0.4, -0.2) is 55.3 Å². The second kappa shape index (κ2) is 10.7. The molecule has 148 valence electrons. The molecule has 0 aromatic heterocycles. The topological polar surface area (TPSA) is 76.8 Å². The molecule has 0 aliphatic carbocycles. The van der Waals surface area contributed by atoms with E-state index in [1.807, 2.05) is 24.3 Å². The van der Waals surface area contributed by atoms with Crippen molar-refractivity contribution in [2.75, 3.05) is 31.6 Å². The van der Waals surface area contributed by atoms with Crippen molar-refractivity contribution >= 4 is 24.0 Å². The van der Waals surface area contributed by atoms with Crippen LogP contribution in [0.5, 0.6) is 5.75 Å². The quantitative estimate of drug-likeness (QED) is 0.754. The molecule has 0 spiro atoms. The fourth-order valence-electron chi connectivity index (χ4n) is 3.36. The number of anilines is 1. The van der Waals surface area contributed by atoms with Gasteiger partial charge in [0.1, 0.15) is 12.4 Å². The summed E-state index contributed by atoms with van der Waals surface area (Å²) in [7, 11) is 0. The van der Waals surface area contributed by atoms with E-state index < -0.39 is 0 Å². The molecule has 3 unspecified atom stereocenters. The molecule has 0 bridgehead atoms. The summed E-state index contributed by atoms with van der Waals surface area (Å²) in [6.07, 6.45) is 0.272. The Morgan fingerprint density at radius 3 is 2.35 bits per heavy atom. The number of amides is 1. The zero-order valence-electron chi connectivity index (χ0n) is 16.1. The Balaban J connectivity index is 0.00000338. The SMILES string of the molecule is CC1CN(C(C(=O)Nc2ccc(OCCN)cc2)C(C)C)CC(C)O1.Cl. The van der Waals surface area contributed by atoms with Gasteiger partial charge in [0.05, 0.1) is 18.2 Å². The van der Waals surface area contributed by atoms with Crippen LogP contribution >= 0.6 is 12.4 Å². The first-order chi connectivity index (χ1) is 11.9. The molecule has 6 nitrogen and oxygen atoms in total. The molecular formula is C19H32ClN3O3. The minimum atomic E-state index is -0.179. The first kappa shape index (κ1) is 22.7. The molecule has 7 heteroatoms. The van der Waals surface area contributed by atoms with E-state index in [1.165, 1.54) is 0 Å². The van der Waals surface area contributed by atoms with Crippen LogP contribution in [0.3, 0.4) is 0 Å². The number of nitrogens with one attached hydrogen (secondary N) is 1. The van der Waals surface area contributed by atoms with Gasteiger partial charge in [-0.15, -0.1) is 12.4 Å². The molecule has 2 rings (SSSR count). The van der Waals surface area contributed by atoms with Gasteiger partial charge in [-0.1, -0.05) is 13.8 Å². The highest BCUT2D eigenvalue weighted by Crippen LogP contribution is 2.21. The van der Waals surface area contributed by atoms with Crippen LogP contribution < -0.4 is 15.8 Å². The molecule has 26 heavy (non-hydrogen) atoms. The second-order valence-electron chi connectivity index (χ2n) is 7.05. The van der Waals surface area contributed by atoms with E-state index in [4.69, 9.17) is 15.2 Å². The number of nitrogens with two attached hydrogens (primary N) is 1. The molecular weight excluding hydrogens is 354 g/mol. The maximum atomic E-state index is 12.9. The minimum Gasteiger partial charge on any atom is -0.492 e. The lowest BCUT2D eigenvalue weighted by Gasteiger charge is -2.41. The Kier molecular flexibility index (Phi) is 9.36. The highest BCUT2D eigenvalue weighted by atomic mass is 35.5. The van der Waals surface area contributed by atoms with E-state index in [-0.39, 0.29) is 42.5 Å². The molecule has 3 N–H and O–H groups in total. The Morgan fingerprint density at radius 1 is 1.27 bits per heavy atom. The van der Waals surface area contributed by atoms with Gasteiger partial charge in [-0.2, -0.15) is 0 Å². The summed E-state index contributed by atoms with van der Waals surface area (Å²) in [6.45, 7) is 10.8. The number of carbonyl (C=O) groups is 1. The molecule has 1 aliphatic rings. The minimum absolute atomic E-state index is 0. The lowest BCUT2D eigenvalue weighted by molar-refractivity contribution is -0.130. The maximum Gasteiger partial charge on any atom is 0.241 e. The number of nitrogens with zero attached hydrogens (tertiary/aromatic N) is 1. The van der Waals surface area contributed by atoms with Crippen molar-refractivity contribution in [1.82, 2.24) is 4.90 Å². The Hall–Kier alpha value is -1.34. The third kappa shape index (κ3) is 6.43. The molecule has 1 aliphatic heterocycles. The number of morpholine rings is 1. The monoisotopic (exact) mass is 385 g/mol. The molecule has 0 saturated carbocycles. The molecule has 1 aromatic carbocycles. The van der Waals surface area contributed by atoms with Crippen LogP contribution in [0.4, 0.5) is 5.69 Å². The van der Waals surface area contributed by atoms with Crippen LogP contribution in [0, 0.1) is 5.92 Å². The van der Waals surface area contributed by atoms with Crippen LogP contribution in [0.15, 0.2) is 24.3 Å². The lowest BCUT2D eigenvalue weighted by Crippen LogP contribution is -2.55. The summed E-state index contributed by atoms with van der Waals surface area (Å²) in [5.74, 6) is 0.983. The van der Waals surface area contributed by atoms with E-state index >= 15 is 0 Å². The highest BCUT2D eigenvalue weighted by molar-refractivity contribution is 5.95. The third-order valence-corrected chi connectivity index (χ3v) is 4.25. The van der Waals surface area contributed by atoms with E-state index in [1.54, 1.807) is 0 Å². The van der Waals surface area contributed by atoms with Gasteiger partial charge in [0.2, 0.25) is 5.91 Å². The molecule has 3 atom stereocenters. The number of hydrogen-bond donors (Lipinski definition) is 2. The first-order valence-electron chi connectivity index (χ1n) is 9.04. The summed E-state index contributed by atoms with van der Waals surface area (Å²) in [5.41, 5.74) is 6.20. The van der Waals surface area contributed by atoms with Gasteiger partial charge in [0.25, 0.3) is 0 Å². The van der Waals surface area contributed by atoms with Crippen molar-refractivity contribution in [2.24, 2.45) is 11.7 Å². The molecule has 0 radical (unpaired) electrons. The van der Waals surface area contributed by atoms with E-state index in [2.05, 4.69) is 37.9 Å². The van der Waals surface area contributed by atoms with Crippen molar-refractivity contribution in [3.63, 3.8) is 0 Å². The van der Waals surface area contributed by atoms with Gasteiger partial charge in [0, 0.05) is 25.3 Å². The highest BCUT2D eigenvalue weighted by Gasteiger charge is 2.34. The fraction of sp³-hybridized carbons (Fsp3) is 0.632. The largest absolute Gasteiger partial charge is 0.492 e. The zero-order valence-corrected chi connectivity index (χ0v) is 16.9. The normalized spacial score (nSPS) is 21.8. The summed E-state index contributed by atoms with van der Waals surface area (Å²) in [6, 6.07) is 7.21. The van der Waals surface area contributed by atoms with Crippen molar-refractivity contribution in [3.8, 4) is 5.75 Å². The number of ether oxygens (including phenoxy) is 2. The van der Waals surface area contributed by atoms with Crippen LogP contribution in [0.2, 0.25) is 0 Å². The Bertz CT molecular complexity index is 543. The number of rotatable bonds is 7. The summed E-state index contributed by atoms with van der Waals surface area (Å²) >= 11 is 0. The Morgan fingerprint density at radius 2 is 1.85 bits per heavy atom. The molecule has 1 aromatic rings. The van der Waals surface area contributed by atoms with E-state index in [0.717, 1.165) is 24.5 Å². The van der Waals surface area contributed by atoms with Gasteiger partial charge in [0.15, 0.2) is 0 Å². The predicted octanol–water partition coefficient (Wildman–Crippen LogP) is 2.52. The molecule has 1 heterocycles. The van der Waals surface area contributed by atoms with Crippen molar-refractivity contribution in [3.05, 3.63) is 24.3 Å². The van der Waals surface area contributed by atoms with Crippen molar-refractivity contribution < 1.29 is 14.3 Å². The third-order valence-electron chi connectivity index (χ3n) is 4.25. The first-order valence-corrected chi connectivity index (χ1v) is 9.04. The van der Waals surface area contributed by atoms with Gasteiger partial charge in [-0.05, 0) is 44.0 Å². The predicted molar refractivity (Wildman–Crippen MR) is 107 cm³/mol. The van der Waals surface area contributed by atoms with Crippen LogP contribution in [-0.2, 0) is 9.53 Å². The lowest BCUT2D eigenvalue weighted by atomic mass is 9.99. The average Bonchev–Trinajstić information content (AvgIpc) is 2.53. The molecule has 1 amide bonds. The average molecular weight is 386 g/mol. The summed E-state index contributed by atoms with van der Waals surface area (Å²) in [4.78, 5) is 15.1. The number of benzene rings is 1. The van der Waals surface area contributed by atoms with Crippen LogP contribution in [0.25, 0.3) is 0 Å². The fourth-order valence-corrected chi connectivity index (χ4v) is 3.36. The van der Waals surface area contributed by atoms with E-state index in [0.29, 0.717) is 13.2 Å². The Labute approximate surface area is 162 Å². The van der Waals surface area contributed by atoms with Gasteiger partial charge < -0.3 is 20.5 Å². The maximum absolute atomic E-state index is 12.9. The van der Waals surface area contributed by atoms with Crippen molar-refractivity contribution in [2.45, 2.75) is 45.9 Å². The number of hydrogen-bond acceptors (Lipinski definition) is 5. The summed E-state index contributed by atoms with van der Waals surface area (Å²) < 4.78 is 11.3. The zero-order chi connectivity index (χ0) is 18.4. The summed E-state index contributed by atoms with van der Waals surface area (Å²) in [5, 5.41) is 3.03. The molecule has 1 saturated heterocycles. The standard InChI is InChI=1S/C19H31N3O3.ClH/c1-13(2)18(22-11-14(3)25-15(4)12-22)19(23)21-16-5-7-17(8-6-16)24-10-9-20;/h5-8,13-15,18H,9-12,20H2,1-4H3,(H,21,23);1H.